The van der Waals surface area contributed by atoms with Crippen LogP contribution in [0.2, 0.25) is 18.1 Å². The number of nitrogens with zero attached hydrogens (tertiary/aromatic N) is 4. The highest BCUT2D eigenvalue weighted by Gasteiger charge is 2.38. The van der Waals surface area contributed by atoms with Crippen molar-refractivity contribution in [1.82, 2.24) is 14.5 Å². The molecule has 0 saturated heterocycles. The molecule has 0 spiro atoms. The molecule has 0 radical (unpaired) electrons. The Morgan fingerprint density at radius 1 is 1.32 bits per heavy atom. The molecule has 2 aromatic rings. The van der Waals surface area contributed by atoms with Crippen LogP contribution in [0.1, 0.15) is 57.8 Å². The molecule has 3 rings (SSSR count). The maximum absolute atomic E-state index is 9.76. The zero-order valence-corrected chi connectivity index (χ0v) is 19.3. The van der Waals surface area contributed by atoms with Crippen molar-refractivity contribution in [2.45, 2.75) is 81.6 Å². The third-order valence-electron chi connectivity index (χ3n) is 5.90. The highest BCUT2D eigenvalue weighted by atomic mass is 32.2. The van der Waals surface area contributed by atoms with E-state index < -0.39 is 8.32 Å². The largest absolute Gasteiger partial charge is 0.411 e. The molecule has 0 aromatic carbocycles. The van der Waals surface area contributed by atoms with Gasteiger partial charge in [0.2, 0.25) is 0 Å². The van der Waals surface area contributed by atoms with Gasteiger partial charge in [-0.3, -0.25) is 9.55 Å². The first kappa shape index (κ1) is 21.1. The van der Waals surface area contributed by atoms with E-state index in [2.05, 4.69) is 49.5 Å². The van der Waals surface area contributed by atoms with E-state index in [0.717, 1.165) is 16.5 Å². The molecule has 28 heavy (non-hydrogen) atoms. The number of pyridine rings is 1. The van der Waals surface area contributed by atoms with E-state index in [0.29, 0.717) is 17.6 Å². The number of thioether (sulfide) groups is 1. The highest BCUT2D eigenvalue weighted by Crippen LogP contribution is 2.39. The van der Waals surface area contributed by atoms with Gasteiger partial charge in [-0.1, -0.05) is 45.4 Å². The van der Waals surface area contributed by atoms with Gasteiger partial charge in [-0.05, 0) is 43.1 Å². The van der Waals surface area contributed by atoms with Crippen LogP contribution in [-0.4, -0.2) is 28.1 Å². The van der Waals surface area contributed by atoms with Crippen LogP contribution in [-0.2, 0) is 11.0 Å². The van der Waals surface area contributed by atoms with Crippen molar-refractivity contribution < 1.29 is 4.43 Å². The second-order valence-corrected chi connectivity index (χ2v) is 15.0. The number of rotatable bonds is 6. The summed E-state index contributed by atoms with van der Waals surface area (Å²) < 4.78 is 8.55. The third-order valence-corrected chi connectivity index (χ3v) is 11.7. The van der Waals surface area contributed by atoms with E-state index >= 15 is 0 Å². The van der Waals surface area contributed by atoms with Crippen LogP contribution < -0.4 is 0 Å². The molecule has 1 saturated carbocycles. The monoisotopic (exact) mass is 414 g/mol. The van der Waals surface area contributed by atoms with Gasteiger partial charge in [0.05, 0.1) is 24.2 Å². The maximum Gasteiger partial charge on any atom is 0.192 e. The number of imidazole rings is 1. The summed E-state index contributed by atoms with van der Waals surface area (Å²) in [5.41, 5.74) is 2.23. The SMILES string of the molecule is CC(C)(C)[Si](C)(C)OCc1c(C#N)nc(SC2CCCC2)n1-c1cccnc1. The first-order valence-corrected chi connectivity index (χ1v) is 13.7. The summed E-state index contributed by atoms with van der Waals surface area (Å²) in [6, 6.07) is 6.23. The van der Waals surface area contributed by atoms with Crippen LogP contribution in [0.3, 0.4) is 0 Å². The van der Waals surface area contributed by atoms with Crippen molar-refractivity contribution in [1.29, 1.82) is 5.26 Å². The minimum Gasteiger partial charge on any atom is -0.411 e. The van der Waals surface area contributed by atoms with Gasteiger partial charge >= 0.3 is 0 Å². The average molecular weight is 415 g/mol. The maximum atomic E-state index is 9.76. The summed E-state index contributed by atoms with van der Waals surface area (Å²) in [5.74, 6) is 0. The van der Waals surface area contributed by atoms with Crippen LogP contribution >= 0.6 is 11.8 Å². The molecule has 2 aromatic heterocycles. The fourth-order valence-electron chi connectivity index (χ4n) is 3.11. The van der Waals surface area contributed by atoms with Crippen LogP contribution in [0.25, 0.3) is 5.69 Å². The van der Waals surface area contributed by atoms with Crippen molar-refractivity contribution >= 4 is 20.1 Å². The number of hydrogen-bond donors (Lipinski definition) is 0. The lowest BCUT2D eigenvalue weighted by Crippen LogP contribution is -2.40. The summed E-state index contributed by atoms with van der Waals surface area (Å²) in [4.78, 5) is 8.99. The van der Waals surface area contributed by atoms with E-state index in [-0.39, 0.29) is 5.04 Å². The minimum absolute atomic E-state index is 0.111. The molecule has 150 valence electrons. The summed E-state index contributed by atoms with van der Waals surface area (Å²) in [5, 5.41) is 11.3. The average Bonchev–Trinajstić information content (AvgIpc) is 3.27. The molecule has 0 N–H and O–H groups in total. The van der Waals surface area contributed by atoms with E-state index in [9.17, 15) is 5.26 Å². The molecule has 0 bridgehead atoms. The van der Waals surface area contributed by atoms with Gasteiger partial charge in [-0.15, -0.1) is 0 Å². The van der Waals surface area contributed by atoms with Crippen molar-refractivity contribution in [2.24, 2.45) is 0 Å². The molecule has 1 fully saturated rings. The number of aromatic nitrogens is 3. The summed E-state index contributed by atoms with van der Waals surface area (Å²) >= 11 is 1.79. The predicted octanol–water partition coefficient (Wildman–Crippen LogP) is 5.70. The summed E-state index contributed by atoms with van der Waals surface area (Å²) in [7, 11) is -1.95. The van der Waals surface area contributed by atoms with Crippen LogP contribution in [0.5, 0.6) is 0 Å². The second-order valence-electron chi connectivity index (χ2n) is 8.92. The highest BCUT2D eigenvalue weighted by molar-refractivity contribution is 7.99. The van der Waals surface area contributed by atoms with Crippen molar-refractivity contribution in [2.75, 3.05) is 0 Å². The molecule has 0 aliphatic heterocycles. The lowest BCUT2D eigenvalue weighted by Gasteiger charge is -2.36. The molecular weight excluding hydrogens is 384 g/mol. The zero-order chi connectivity index (χ0) is 20.4. The predicted molar refractivity (Wildman–Crippen MR) is 116 cm³/mol. The topological polar surface area (TPSA) is 63.7 Å². The molecule has 0 atom stereocenters. The van der Waals surface area contributed by atoms with Crippen molar-refractivity contribution in [3.05, 3.63) is 35.9 Å². The first-order chi connectivity index (χ1) is 13.2. The van der Waals surface area contributed by atoms with Gasteiger partial charge in [0.25, 0.3) is 0 Å². The van der Waals surface area contributed by atoms with E-state index in [1.165, 1.54) is 25.7 Å². The molecule has 1 aliphatic rings. The van der Waals surface area contributed by atoms with Crippen LogP contribution in [0, 0.1) is 11.3 Å². The van der Waals surface area contributed by atoms with Gasteiger partial charge < -0.3 is 4.43 Å². The quantitative estimate of drug-likeness (QED) is 0.568. The van der Waals surface area contributed by atoms with Gasteiger partial charge in [0, 0.05) is 11.4 Å². The molecule has 2 heterocycles. The van der Waals surface area contributed by atoms with Crippen LogP contribution in [0.15, 0.2) is 29.7 Å². The fraction of sp³-hybridized carbons (Fsp3) is 0.571. The Hall–Kier alpha value is -1.62. The lowest BCUT2D eigenvalue weighted by atomic mass is 10.2. The molecule has 5 nitrogen and oxygen atoms in total. The summed E-state index contributed by atoms with van der Waals surface area (Å²) in [6.07, 6.45) is 8.57. The van der Waals surface area contributed by atoms with Gasteiger partial charge in [-0.2, -0.15) is 5.26 Å². The Bertz CT molecular complexity index is 846. The molecular formula is C21H30N4OSSi. The molecule has 1 aliphatic carbocycles. The minimum atomic E-state index is -1.95. The molecule has 0 unspecified atom stereocenters. The lowest BCUT2D eigenvalue weighted by molar-refractivity contribution is 0.269. The van der Waals surface area contributed by atoms with E-state index in [4.69, 9.17) is 9.41 Å². The number of hydrogen-bond acceptors (Lipinski definition) is 5. The fourth-order valence-corrected chi connectivity index (χ4v) is 5.37. The Kier molecular flexibility index (Phi) is 6.33. The standard InChI is InChI=1S/C21H30N4OSSi/c1-21(2,3)28(4,5)26-15-19-18(13-22)24-20(27-17-10-6-7-11-17)25(19)16-9-8-12-23-14-16/h8-9,12,14,17H,6-7,10-11,15H2,1-5H3. The van der Waals surface area contributed by atoms with E-state index in [1.807, 2.05) is 18.3 Å². The Morgan fingerprint density at radius 2 is 2.04 bits per heavy atom. The third kappa shape index (κ3) is 4.51. The Morgan fingerprint density at radius 3 is 2.61 bits per heavy atom. The van der Waals surface area contributed by atoms with Gasteiger partial charge in [-0.25, -0.2) is 4.98 Å². The molecule has 7 heteroatoms. The van der Waals surface area contributed by atoms with Gasteiger partial charge in [0.15, 0.2) is 19.2 Å². The Labute approximate surface area is 173 Å². The Balaban J connectivity index is 2.00. The summed E-state index contributed by atoms with van der Waals surface area (Å²) in [6.45, 7) is 11.5. The van der Waals surface area contributed by atoms with Crippen molar-refractivity contribution in [3.8, 4) is 11.8 Å². The van der Waals surface area contributed by atoms with E-state index in [1.54, 1.807) is 18.0 Å². The second kappa shape index (κ2) is 8.40. The first-order valence-electron chi connectivity index (χ1n) is 9.95. The van der Waals surface area contributed by atoms with Gasteiger partial charge in [0.1, 0.15) is 6.07 Å². The smallest absolute Gasteiger partial charge is 0.192 e. The number of nitriles is 1. The van der Waals surface area contributed by atoms with Crippen molar-refractivity contribution in [3.63, 3.8) is 0 Å². The van der Waals surface area contributed by atoms with Crippen LogP contribution in [0.4, 0.5) is 0 Å². The normalized spacial score (nSPS) is 15.7. The zero-order valence-electron chi connectivity index (χ0n) is 17.5. The molecule has 0 amide bonds.